The zero-order chi connectivity index (χ0) is 15.0. The van der Waals surface area contributed by atoms with Crippen molar-refractivity contribution in [3.8, 4) is 0 Å². The van der Waals surface area contributed by atoms with Gasteiger partial charge >= 0.3 is 0 Å². The Balaban J connectivity index is 2.09. The van der Waals surface area contributed by atoms with Gasteiger partial charge in [-0.25, -0.2) is 8.42 Å². The highest BCUT2D eigenvalue weighted by Gasteiger charge is 2.16. The quantitative estimate of drug-likeness (QED) is 0.946. The molecule has 1 aliphatic rings. The first kappa shape index (κ1) is 14.1. The number of hydrogen-bond donors (Lipinski definition) is 1. The zero-order valence-corrected chi connectivity index (χ0v) is 13.1. The van der Waals surface area contributed by atoms with Crippen LogP contribution in [0.1, 0.15) is 18.5 Å². The summed E-state index contributed by atoms with van der Waals surface area (Å²) in [5.74, 6) is 0. The molecular formula is C15H19N3O2S. The Labute approximate surface area is 125 Å². The summed E-state index contributed by atoms with van der Waals surface area (Å²) in [5, 5.41) is 1.07. The summed E-state index contributed by atoms with van der Waals surface area (Å²) in [4.78, 5) is 6.91. The molecule has 0 bridgehead atoms. The SMILES string of the molecule is Cc1cc(N2CCCC2)c2ccc(NS(C)(=O)=O)cc2n1. The van der Waals surface area contributed by atoms with Gasteiger partial charge in [0.15, 0.2) is 0 Å². The molecule has 1 fully saturated rings. The highest BCUT2D eigenvalue weighted by molar-refractivity contribution is 7.92. The van der Waals surface area contributed by atoms with Crippen LogP contribution in [0.2, 0.25) is 0 Å². The number of fused-ring (bicyclic) bond motifs is 1. The number of hydrogen-bond acceptors (Lipinski definition) is 4. The van der Waals surface area contributed by atoms with Crippen LogP contribution < -0.4 is 9.62 Å². The monoisotopic (exact) mass is 305 g/mol. The first-order valence-electron chi connectivity index (χ1n) is 7.06. The second-order valence-corrected chi connectivity index (χ2v) is 7.33. The minimum absolute atomic E-state index is 0.551. The maximum Gasteiger partial charge on any atom is 0.229 e. The average molecular weight is 305 g/mol. The summed E-state index contributed by atoms with van der Waals surface area (Å²) in [6.45, 7) is 4.11. The molecule has 1 N–H and O–H groups in total. The summed E-state index contributed by atoms with van der Waals surface area (Å²) in [6.07, 6.45) is 3.59. The first-order chi connectivity index (χ1) is 9.92. The van der Waals surface area contributed by atoms with Crippen LogP contribution in [-0.2, 0) is 10.0 Å². The first-order valence-corrected chi connectivity index (χ1v) is 8.96. The molecule has 0 saturated carbocycles. The largest absolute Gasteiger partial charge is 0.371 e. The fourth-order valence-corrected chi connectivity index (χ4v) is 3.39. The van der Waals surface area contributed by atoms with Gasteiger partial charge < -0.3 is 4.90 Å². The van der Waals surface area contributed by atoms with Gasteiger partial charge in [-0.2, -0.15) is 0 Å². The Hall–Kier alpha value is -1.82. The van der Waals surface area contributed by atoms with Gasteiger partial charge in [-0.05, 0) is 44.0 Å². The standard InChI is InChI=1S/C15H19N3O2S/c1-11-9-15(18-7-3-4-8-18)13-6-5-12(10-14(13)16-11)17-21(2,19)20/h5-6,9-10,17H,3-4,7-8H2,1-2H3. The van der Waals surface area contributed by atoms with E-state index in [1.807, 2.05) is 13.0 Å². The zero-order valence-electron chi connectivity index (χ0n) is 12.3. The Morgan fingerprint density at radius 2 is 1.90 bits per heavy atom. The minimum Gasteiger partial charge on any atom is -0.371 e. The fourth-order valence-electron chi connectivity index (χ4n) is 2.84. The van der Waals surface area contributed by atoms with Crippen molar-refractivity contribution < 1.29 is 8.42 Å². The lowest BCUT2D eigenvalue weighted by atomic mass is 10.1. The number of aryl methyl sites for hydroxylation is 1. The topological polar surface area (TPSA) is 62.3 Å². The second-order valence-electron chi connectivity index (χ2n) is 5.58. The van der Waals surface area contributed by atoms with Gasteiger partial charge in [0.05, 0.1) is 17.5 Å². The molecule has 1 saturated heterocycles. The van der Waals surface area contributed by atoms with Crippen LogP contribution in [0.25, 0.3) is 10.9 Å². The molecule has 0 radical (unpaired) electrons. The molecule has 6 heteroatoms. The van der Waals surface area contributed by atoms with Crippen molar-refractivity contribution in [2.75, 3.05) is 29.0 Å². The molecule has 21 heavy (non-hydrogen) atoms. The van der Waals surface area contributed by atoms with Crippen LogP contribution in [0.15, 0.2) is 24.3 Å². The fraction of sp³-hybridized carbons (Fsp3) is 0.400. The van der Waals surface area contributed by atoms with Crippen molar-refractivity contribution >= 4 is 32.3 Å². The van der Waals surface area contributed by atoms with Crippen LogP contribution in [0.3, 0.4) is 0 Å². The number of aromatic nitrogens is 1. The van der Waals surface area contributed by atoms with Crippen molar-refractivity contribution in [2.45, 2.75) is 19.8 Å². The molecule has 0 unspecified atom stereocenters. The third-order valence-electron chi connectivity index (χ3n) is 3.67. The van der Waals surface area contributed by atoms with Gasteiger partial charge in [0, 0.05) is 29.9 Å². The van der Waals surface area contributed by atoms with Crippen LogP contribution in [0, 0.1) is 6.92 Å². The number of sulfonamides is 1. The number of nitrogens with one attached hydrogen (secondary N) is 1. The normalized spacial score (nSPS) is 15.6. The number of rotatable bonds is 3. The molecule has 0 spiro atoms. The Bertz CT molecular complexity index is 781. The van der Waals surface area contributed by atoms with Gasteiger partial charge in [-0.1, -0.05) is 0 Å². The van der Waals surface area contributed by atoms with Crippen LogP contribution in [0.4, 0.5) is 11.4 Å². The third-order valence-corrected chi connectivity index (χ3v) is 4.27. The van der Waals surface area contributed by atoms with E-state index in [1.54, 1.807) is 12.1 Å². The number of pyridine rings is 1. The predicted octanol–water partition coefficient (Wildman–Crippen LogP) is 2.51. The highest BCUT2D eigenvalue weighted by Crippen LogP contribution is 2.31. The predicted molar refractivity (Wildman–Crippen MR) is 86.4 cm³/mol. The lowest BCUT2D eigenvalue weighted by molar-refractivity contribution is 0.607. The molecule has 2 aromatic rings. The summed E-state index contributed by atoms with van der Waals surface area (Å²) in [6, 6.07) is 7.64. The van der Waals surface area contributed by atoms with Crippen LogP contribution in [-0.4, -0.2) is 32.7 Å². The van der Waals surface area contributed by atoms with E-state index in [0.717, 1.165) is 35.9 Å². The summed E-state index contributed by atoms with van der Waals surface area (Å²) < 4.78 is 25.2. The lowest BCUT2D eigenvalue weighted by Gasteiger charge is -2.20. The molecule has 2 heterocycles. The Kier molecular flexibility index (Phi) is 3.49. The van der Waals surface area contributed by atoms with E-state index in [9.17, 15) is 8.42 Å². The maximum atomic E-state index is 11.3. The molecule has 3 rings (SSSR count). The van der Waals surface area contributed by atoms with Crippen molar-refractivity contribution in [2.24, 2.45) is 0 Å². The number of benzene rings is 1. The molecule has 112 valence electrons. The van der Waals surface area contributed by atoms with Gasteiger partial charge in [0.2, 0.25) is 10.0 Å². The van der Waals surface area contributed by atoms with Gasteiger partial charge in [-0.3, -0.25) is 9.71 Å². The Morgan fingerprint density at radius 1 is 1.19 bits per heavy atom. The van der Waals surface area contributed by atoms with Crippen LogP contribution >= 0.6 is 0 Å². The molecule has 5 nitrogen and oxygen atoms in total. The van der Waals surface area contributed by atoms with Crippen molar-refractivity contribution in [3.63, 3.8) is 0 Å². The number of anilines is 2. The van der Waals surface area contributed by atoms with E-state index in [-0.39, 0.29) is 0 Å². The highest BCUT2D eigenvalue weighted by atomic mass is 32.2. The molecule has 1 aromatic carbocycles. The third kappa shape index (κ3) is 3.10. The van der Waals surface area contributed by atoms with E-state index in [2.05, 4.69) is 20.7 Å². The summed E-state index contributed by atoms with van der Waals surface area (Å²) in [7, 11) is -3.27. The summed E-state index contributed by atoms with van der Waals surface area (Å²) >= 11 is 0. The average Bonchev–Trinajstić information content (AvgIpc) is 2.88. The summed E-state index contributed by atoms with van der Waals surface area (Å²) in [5.41, 5.74) is 3.52. The van der Waals surface area contributed by atoms with Gasteiger partial charge in [0.1, 0.15) is 0 Å². The van der Waals surface area contributed by atoms with Gasteiger partial charge in [-0.15, -0.1) is 0 Å². The molecule has 1 aromatic heterocycles. The van der Waals surface area contributed by atoms with E-state index >= 15 is 0 Å². The maximum absolute atomic E-state index is 11.3. The molecular weight excluding hydrogens is 286 g/mol. The van der Waals surface area contributed by atoms with Crippen molar-refractivity contribution in [3.05, 3.63) is 30.0 Å². The molecule has 0 amide bonds. The smallest absolute Gasteiger partial charge is 0.229 e. The Morgan fingerprint density at radius 3 is 2.57 bits per heavy atom. The van der Waals surface area contributed by atoms with Crippen molar-refractivity contribution in [1.29, 1.82) is 0 Å². The molecule has 1 aliphatic heterocycles. The minimum atomic E-state index is -3.27. The lowest BCUT2D eigenvalue weighted by Crippen LogP contribution is -2.18. The number of nitrogens with zero attached hydrogens (tertiary/aromatic N) is 2. The van der Waals surface area contributed by atoms with E-state index < -0.39 is 10.0 Å². The van der Waals surface area contributed by atoms with E-state index in [0.29, 0.717) is 5.69 Å². The van der Waals surface area contributed by atoms with Crippen LogP contribution in [0.5, 0.6) is 0 Å². The molecule has 0 aliphatic carbocycles. The van der Waals surface area contributed by atoms with E-state index in [4.69, 9.17) is 0 Å². The van der Waals surface area contributed by atoms with Crippen molar-refractivity contribution in [1.82, 2.24) is 4.98 Å². The second kappa shape index (κ2) is 5.18. The van der Waals surface area contributed by atoms with E-state index in [1.165, 1.54) is 18.5 Å². The molecule has 0 atom stereocenters. The van der Waals surface area contributed by atoms with Gasteiger partial charge in [0.25, 0.3) is 0 Å².